The van der Waals surface area contributed by atoms with Crippen molar-refractivity contribution in [2.24, 2.45) is 5.73 Å². The van der Waals surface area contributed by atoms with Gasteiger partial charge in [-0.05, 0) is 48.0 Å². The molecule has 2 amide bonds. The van der Waals surface area contributed by atoms with E-state index in [1.54, 1.807) is 61.7 Å². The molecule has 6 nitrogen and oxygen atoms in total. The Hall–Kier alpha value is -2.84. The van der Waals surface area contributed by atoms with Crippen LogP contribution in [0.2, 0.25) is 0 Å². The lowest BCUT2D eigenvalue weighted by atomic mass is 10.2. The number of nitrogens with zero attached hydrogens (tertiary/aromatic N) is 1. The van der Waals surface area contributed by atoms with Crippen molar-refractivity contribution in [2.45, 2.75) is 0 Å². The van der Waals surface area contributed by atoms with Gasteiger partial charge in [0.25, 0.3) is 11.8 Å². The molecular formula is C19H16N2O4S2. The number of thiocarbonyl (C=S) groups is 1. The summed E-state index contributed by atoms with van der Waals surface area (Å²) in [6, 6.07) is 14.1. The van der Waals surface area contributed by atoms with Crippen molar-refractivity contribution in [3.63, 3.8) is 0 Å². The third kappa shape index (κ3) is 4.47. The largest absolute Gasteiger partial charge is 0.497 e. The van der Waals surface area contributed by atoms with Crippen molar-refractivity contribution in [3.05, 3.63) is 59.0 Å². The molecule has 0 radical (unpaired) electrons. The molecule has 0 spiro atoms. The van der Waals surface area contributed by atoms with Gasteiger partial charge in [-0.2, -0.15) is 0 Å². The van der Waals surface area contributed by atoms with Crippen LogP contribution in [0.25, 0.3) is 6.08 Å². The van der Waals surface area contributed by atoms with Crippen molar-refractivity contribution in [1.82, 2.24) is 0 Å². The van der Waals surface area contributed by atoms with Crippen molar-refractivity contribution < 1.29 is 19.1 Å². The number of hydrogen-bond acceptors (Lipinski definition) is 6. The van der Waals surface area contributed by atoms with Crippen LogP contribution in [0, 0.1) is 0 Å². The molecule has 2 N–H and O–H groups in total. The van der Waals surface area contributed by atoms with Crippen LogP contribution in [-0.4, -0.2) is 29.9 Å². The summed E-state index contributed by atoms with van der Waals surface area (Å²) in [6.07, 6.45) is 1.76. The topological polar surface area (TPSA) is 81.9 Å². The van der Waals surface area contributed by atoms with Gasteiger partial charge in [0.05, 0.1) is 17.7 Å². The van der Waals surface area contributed by atoms with Crippen LogP contribution < -0.4 is 20.1 Å². The van der Waals surface area contributed by atoms with E-state index in [0.29, 0.717) is 26.4 Å². The fourth-order valence-electron chi connectivity index (χ4n) is 2.39. The Morgan fingerprint density at radius 2 is 1.78 bits per heavy atom. The van der Waals surface area contributed by atoms with E-state index in [1.807, 2.05) is 0 Å². The Balaban J connectivity index is 1.76. The van der Waals surface area contributed by atoms with Crippen LogP contribution >= 0.6 is 24.0 Å². The van der Waals surface area contributed by atoms with Gasteiger partial charge in [-0.15, -0.1) is 0 Å². The number of anilines is 1. The third-order valence-corrected chi connectivity index (χ3v) is 4.99. The molecule has 0 aromatic heterocycles. The molecule has 0 atom stereocenters. The Morgan fingerprint density at radius 3 is 2.37 bits per heavy atom. The number of thioether (sulfide) groups is 1. The molecular weight excluding hydrogens is 384 g/mol. The molecule has 1 saturated heterocycles. The van der Waals surface area contributed by atoms with Crippen LogP contribution in [-0.2, 0) is 9.59 Å². The minimum Gasteiger partial charge on any atom is -0.497 e. The van der Waals surface area contributed by atoms with E-state index in [9.17, 15) is 9.59 Å². The van der Waals surface area contributed by atoms with Crippen LogP contribution in [0.4, 0.5) is 5.69 Å². The smallest absolute Gasteiger partial charge is 0.270 e. The fraction of sp³-hybridized carbons (Fsp3) is 0.105. The lowest BCUT2D eigenvalue weighted by Gasteiger charge is -2.14. The highest BCUT2D eigenvalue weighted by Crippen LogP contribution is 2.36. The Kier molecular flexibility index (Phi) is 5.78. The number of ether oxygens (including phenoxy) is 2. The average Bonchev–Trinajstić information content (AvgIpc) is 2.94. The van der Waals surface area contributed by atoms with Crippen LogP contribution in [0.5, 0.6) is 11.5 Å². The second-order valence-corrected chi connectivity index (χ2v) is 7.21. The Labute approximate surface area is 165 Å². The number of amides is 2. The number of benzene rings is 2. The molecule has 2 aromatic rings. The Morgan fingerprint density at radius 1 is 1.15 bits per heavy atom. The first-order valence-electron chi connectivity index (χ1n) is 7.91. The molecule has 2 aromatic carbocycles. The van der Waals surface area contributed by atoms with Crippen molar-refractivity contribution in [2.75, 3.05) is 18.6 Å². The van der Waals surface area contributed by atoms with Gasteiger partial charge in [-0.3, -0.25) is 14.5 Å². The normalized spacial score (nSPS) is 15.3. The van der Waals surface area contributed by atoms with Crippen LogP contribution in [0.1, 0.15) is 5.56 Å². The number of nitrogens with two attached hydrogens (primary N) is 1. The van der Waals surface area contributed by atoms with E-state index in [0.717, 1.165) is 5.56 Å². The van der Waals surface area contributed by atoms with Gasteiger partial charge in [-0.25, -0.2) is 0 Å². The summed E-state index contributed by atoms with van der Waals surface area (Å²) in [5.74, 6) is 0.514. The highest BCUT2D eigenvalue weighted by molar-refractivity contribution is 8.27. The van der Waals surface area contributed by atoms with Crippen molar-refractivity contribution in [1.29, 1.82) is 0 Å². The molecule has 0 saturated carbocycles. The third-order valence-electron chi connectivity index (χ3n) is 3.68. The number of rotatable bonds is 6. The number of primary amides is 1. The van der Waals surface area contributed by atoms with E-state index < -0.39 is 5.91 Å². The quantitative estimate of drug-likeness (QED) is 0.593. The first kappa shape index (κ1) is 18.9. The highest BCUT2D eigenvalue weighted by atomic mass is 32.2. The van der Waals surface area contributed by atoms with Crippen LogP contribution in [0.3, 0.4) is 0 Å². The molecule has 1 heterocycles. The SMILES string of the molecule is COc1ccc(N2C(=O)/C(=C\c3ccc(OCC(N)=O)cc3)SC2=S)cc1. The number of methoxy groups -OCH3 is 1. The lowest BCUT2D eigenvalue weighted by molar-refractivity contribution is -0.120. The van der Waals surface area contributed by atoms with Gasteiger partial charge in [-0.1, -0.05) is 36.1 Å². The number of carbonyl (C=O) groups excluding carboxylic acids is 2. The van der Waals surface area contributed by atoms with Gasteiger partial charge in [0.15, 0.2) is 10.9 Å². The maximum atomic E-state index is 12.8. The minimum absolute atomic E-state index is 0.177. The van der Waals surface area contributed by atoms with E-state index in [2.05, 4.69) is 0 Å². The van der Waals surface area contributed by atoms with Gasteiger partial charge < -0.3 is 15.2 Å². The fourth-order valence-corrected chi connectivity index (χ4v) is 3.69. The van der Waals surface area contributed by atoms with Gasteiger partial charge in [0, 0.05) is 0 Å². The molecule has 0 aliphatic carbocycles. The standard InChI is InChI=1S/C19H16N2O4S2/c1-24-14-8-4-13(5-9-14)21-18(23)16(27-19(21)26)10-12-2-6-15(7-3-12)25-11-17(20)22/h2-10H,11H2,1H3,(H2,20,22)/b16-10+. The second-order valence-electron chi connectivity index (χ2n) is 5.54. The van der Waals surface area contributed by atoms with Gasteiger partial charge in [0.1, 0.15) is 11.5 Å². The molecule has 3 rings (SSSR count). The van der Waals surface area contributed by atoms with Crippen molar-refractivity contribution in [3.8, 4) is 11.5 Å². The monoisotopic (exact) mass is 400 g/mol. The predicted octanol–water partition coefficient (Wildman–Crippen LogP) is 2.97. The molecule has 1 aliphatic rings. The maximum absolute atomic E-state index is 12.8. The number of hydrogen-bond donors (Lipinski definition) is 1. The first-order chi connectivity index (χ1) is 13.0. The summed E-state index contributed by atoms with van der Waals surface area (Å²) in [5.41, 5.74) is 6.55. The van der Waals surface area contributed by atoms with E-state index in [4.69, 9.17) is 27.4 Å². The maximum Gasteiger partial charge on any atom is 0.270 e. The highest BCUT2D eigenvalue weighted by Gasteiger charge is 2.33. The molecule has 27 heavy (non-hydrogen) atoms. The predicted molar refractivity (Wildman–Crippen MR) is 110 cm³/mol. The summed E-state index contributed by atoms with van der Waals surface area (Å²) >= 11 is 6.61. The summed E-state index contributed by atoms with van der Waals surface area (Å²) in [4.78, 5) is 25.5. The Bertz CT molecular complexity index is 908. The summed E-state index contributed by atoms with van der Waals surface area (Å²) in [6.45, 7) is -0.181. The van der Waals surface area contributed by atoms with Crippen LogP contribution in [0.15, 0.2) is 53.4 Å². The molecule has 138 valence electrons. The summed E-state index contributed by atoms with van der Waals surface area (Å²) in [5, 5.41) is 0. The average molecular weight is 400 g/mol. The molecule has 0 unspecified atom stereocenters. The van der Waals surface area contributed by atoms with E-state index >= 15 is 0 Å². The van der Waals surface area contributed by atoms with Gasteiger partial charge in [0.2, 0.25) is 0 Å². The van der Waals surface area contributed by atoms with Crippen molar-refractivity contribution >= 4 is 51.9 Å². The molecule has 8 heteroatoms. The zero-order valence-corrected chi connectivity index (χ0v) is 16.0. The minimum atomic E-state index is -0.540. The molecule has 0 bridgehead atoms. The van der Waals surface area contributed by atoms with E-state index in [1.165, 1.54) is 16.7 Å². The summed E-state index contributed by atoms with van der Waals surface area (Å²) < 4.78 is 10.8. The van der Waals surface area contributed by atoms with E-state index in [-0.39, 0.29) is 12.5 Å². The summed E-state index contributed by atoms with van der Waals surface area (Å²) in [7, 11) is 1.58. The zero-order chi connectivity index (χ0) is 19.4. The van der Waals surface area contributed by atoms with Gasteiger partial charge >= 0.3 is 0 Å². The molecule has 1 aliphatic heterocycles. The number of carbonyl (C=O) groups is 2. The lowest BCUT2D eigenvalue weighted by Crippen LogP contribution is -2.27. The first-order valence-corrected chi connectivity index (χ1v) is 9.13. The molecule has 1 fully saturated rings. The second kappa shape index (κ2) is 8.24. The zero-order valence-electron chi connectivity index (χ0n) is 14.4.